The molecule has 5 rings (SSSR count). The van der Waals surface area contributed by atoms with Crippen LogP contribution in [-0.4, -0.2) is 21.1 Å². The molecule has 34 heavy (non-hydrogen) atoms. The first-order valence-electron chi connectivity index (χ1n) is 10.0. The maximum atomic E-state index is 12.8. The van der Waals surface area contributed by atoms with Crippen LogP contribution >= 0.6 is 35.6 Å². The Morgan fingerprint density at radius 2 is 2.03 bits per heavy atom. The topological polar surface area (TPSA) is 96.3 Å². The predicted octanol–water partition coefficient (Wildman–Crippen LogP) is 5.39. The minimum Gasteiger partial charge on any atom is -0.457 e. The summed E-state index contributed by atoms with van der Waals surface area (Å²) in [5.41, 5.74) is 8.24. The third-order valence-electron chi connectivity index (χ3n) is 4.97. The number of nitrogens with zero attached hydrogens (tertiary/aromatic N) is 1. The van der Waals surface area contributed by atoms with Gasteiger partial charge in [0.2, 0.25) is 0 Å². The first-order valence-corrected chi connectivity index (χ1v) is 11.6. The van der Waals surface area contributed by atoms with Crippen LogP contribution in [0.25, 0.3) is 28.3 Å². The highest BCUT2D eigenvalue weighted by Gasteiger charge is 2.22. The summed E-state index contributed by atoms with van der Waals surface area (Å²) in [6.07, 6.45) is 3.27. The highest BCUT2D eigenvalue weighted by molar-refractivity contribution is 8.26. The largest absolute Gasteiger partial charge is 0.457 e. The number of fused-ring (bicyclic) bond motifs is 1. The maximum absolute atomic E-state index is 12.8. The third-order valence-corrected chi connectivity index (χ3v) is 6.36. The predicted molar refractivity (Wildman–Crippen MR) is 138 cm³/mol. The lowest BCUT2D eigenvalue weighted by atomic mass is 10.1. The van der Waals surface area contributed by atoms with Crippen molar-refractivity contribution in [2.24, 2.45) is 0 Å². The Morgan fingerprint density at radius 1 is 1.15 bits per heavy atom. The number of pyridine rings is 1. The zero-order valence-corrected chi connectivity index (χ0v) is 19.7. The summed E-state index contributed by atoms with van der Waals surface area (Å²) < 4.78 is 6.27. The van der Waals surface area contributed by atoms with E-state index >= 15 is 0 Å². The summed E-state index contributed by atoms with van der Waals surface area (Å²) in [6, 6.07) is 17.7. The number of hydrogen-bond acceptors (Lipinski definition) is 7. The quantitative estimate of drug-likeness (QED) is 0.189. The minimum absolute atomic E-state index is 0.246. The number of hydrogen-bond donors (Lipinski definition) is 3. The Balaban J connectivity index is 1.31. The average molecular weight is 507 g/mol. The van der Waals surface area contributed by atoms with Crippen LogP contribution in [0.2, 0.25) is 5.02 Å². The van der Waals surface area contributed by atoms with Crippen molar-refractivity contribution >= 4 is 74.4 Å². The lowest BCUT2D eigenvalue weighted by molar-refractivity contribution is -0.115. The average Bonchev–Trinajstić information content (AvgIpc) is 3.43. The Labute approximate surface area is 208 Å². The van der Waals surface area contributed by atoms with E-state index in [4.69, 9.17) is 28.2 Å². The number of thioether (sulfide) groups is 1. The second kappa shape index (κ2) is 9.30. The summed E-state index contributed by atoms with van der Waals surface area (Å²) in [7, 11) is 0. The summed E-state index contributed by atoms with van der Waals surface area (Å²) in [5, 5.41) is 3.98. The fourth-order valence-corrected chi connectivity index (χ4v) is 4.57. The van der Waals surface area contributed by atoms with E-state index < -0.39 is 0 Å². The van der Waals surface area contributed by atoms with Crippen molar-refractivity contribution in [1.82, 2.24) is 15.7 Å². The van der Waals surface area contributed by atoms with Gasteiger partial charge in [0.25, 0.3) is 11.8 Å². The zero-order valence-electron chi connectivity index (χ0n) is 17.3. The lowest BCUT2D eigenvalue weighted by Crippen LogP contribution is -2.29. The molecule has 7 nitrogen and oxygen atoms in total. The molecular formula is C24H15ClN4O3S2. The second-order valence-corrected chi connectivity index (χ2v) is 9.39. The summed E-state index contributed by atoms with van der Waals surface area (Å²) in [5.74, 6) is 0.516. The van der Waals surface area contributed by atoms with Gasteiger partial charge < -0.3 is 9.73 Å². The molecule has 2 aromatic heterocycles. The van der Waals surface area contributed by atoms with Crippen LogP contribution in [0, 0.1) is 0 Å². The van der Waals surface area contributed by atoms with Gasteiger partial charge in [0.1, 0.15) is 15.8 Å². The number of halogens is 1. The Hall–Kier alpha value is -3.66. The Kier molecular flexibility index (Phi) is 6.06. The minimum atomic E-state index is -0.317. The fraction of sp³-hybridized carbons (Fsp3) is 0. The van der Waals surface area contributed by atoms with E-state index in [0.717, 1.165) is 10.9 Å². The molecule has 2 amide bonds. The van der Waals surface area contributed by atoms with Crippen LogP contribution in [0.1, 0.15) is 16.1 Å². The van der Waals surface area contributed by atoms with Gasteiger partial charge in [0, 0.05) is 33.8 Å². The smallest absolute Gasteiger partial charge is 0.269 e. The van der Waals surface area contributed by atoms with Crippen molar-refractivity contribution in [2.45, 2.75) is 0 Å². The monoisotopic (exact) mass is 506 g/mol. The summed E-state index contributed by atoms with van der Waals surface area (Å²) in [4.78, 5) is 29.4. The molecule has 0 unspecified atom stereocenters. The van der Waals surface area contributed by atoms with Crippen molar-refractivity contribution in [2.75, 3.05) is 5.43 Å². The number of aromatic nitrogens is 1. The Bertz CT molecular complexity index is 1500. The van der Waals surface area contributed by atoms with Gasteiger partial charge in [0.15, 0.2) is 0 Å². The van der Waals surface area contributed by atoms with E-state index in [1.807, 2.05) is 12.1 Å². The van der Waals surface area contributed by atoms with Crippen LogP contribution in [0.15, 0.2) is 76.2 Å². The summed E-state index contributed by atoms with van der Waals surface area (Å²) >= 11 is 12.2. The Morgan fingerprint density at radius 3 is 2.85 bits per heavy atom. The van der Waals surface area contributed by atoms with Gasteiger partial charge in [-0.15, -0.1) is 0 Å². The number of carbonyl (C=O) groups excluding carboxylic acids is 2. The summed E-state index contributed by atoms with van der Waals surface area (Å²) in [6.45, 7) is 0. The molecular weight excluding hydrogens is 492 g/mol. The van der Waals surface area contributed by atoms with Crippen molar-refractivity contribution in [3.8, 4) is 11.3 Å². The highest BCUT2D eigenvalue weighted by atomic mass is 35.5. The van der Waals surface area contributed by atoms with E-state index in [-0.39, 0.29) is 11.8 Å². The normalized spacial score (nSPS) is 14.4. The molecule has 1 saturated heterocycles. The molecule has 0 saturated carbocycles. The molecule has 2 aromatic carbocycles. The van der Waals surface area contributed by atoms with E-state index in [2.05, 4.69) is 21.2 Å². The van der Waals surface area contributed by atoms with Gasteiger partial charge in [-0.05, 0) is 48.5 Å². The zero-order chi connectivity index (χ0) is 23.7. The first kappa shape index (κ1) is 22.1. The number of furan rings is 1. The molecule has 1 aliphatic heterocycles. The molecule has 0 radical (unpaired) electrons. The van der Waals surface area contributed by atoms with Gasteiger partial charge in [-0.3, -0.25) is 25.4 Å². The lowest BCUT2D eigenvalue weighted by Gasteiger charge is -2.11. The number of anilines is 1. The number of amides is 2. The maximum Gasteiger partial charge on any atom is 0.269 e. The molecule has 0 atom stereocenters. The standard InChI is InChI=1S/C24H15ClN4O3S2/c25-15-4-6-17-18(8-9-26-19(17)11-15)28-29-22(30)14-3-1-2-13(10-14)20-7-5-16(32-20)12-21-23(31)27-24(33)34-21/h1-12H,(H,26,28)(H,29,30)(H,27,31,33)/b21-12-. The van der Waals surface area contributed by atoms with E-state index in [0.29, 0.717) is 42.5 Å². The number of benzene rings is 2. The van der Waals surface area contributed by atoms with Gasteiger partial charge in [-0.1, -0.05) is 47.7 Å². The molecule has 168 valence electrons. The number of nitrogens with one attached hydrogen (secondary N) is 3. The molecule has 1 aliphatic rings. The molecule has 3 heterocycles. The molecule has 0 aliphatic carbocycles. The molecule has 0 bridgehead atoms. The molecule has 0 spiro atoms. The van der Waals surface area contributed by atoms with Crippen LogP contribution < -0.4 is 16.2 Å². The van der Waals surface area contributed by atoms with Crippen LogP contribution in [0.4, 0.5) is 5.69 Å². The molecule has 4 aromatic rings. The van der Waals surface area contributed by atoms with E-state index in [1.54, 1.807) is 60.8 Å². The fourth-order valence-electron chi connectivity index (χ4n) is 3.38. The van der Waals surface area contributed by atoms with Gasteiger partial charge in [-0.2, -0.15) is 0 Å². The number of hydrazine groups is 1. The van der Waals surface area contributed by atoms with E-state index in [9.17, 15) is 9.59 Å². The number of carbonyl (C=O) groups is 2. The van der Waals surface area contributed by atoms with Crippen LogP contribution in [0.5, 0.6) is 0 Å². The molecule has 10 heteroatoms. The van der Waals surface area contributed by atoms with Gasteiger partial charge in [0.05, 0.1) is 16.1 Å². The van der Waals surface area contributed by atoms with Crippen molar-refractivity contribution in [1.29, 1.82) is 0 Å². The first-order chi connectivity index (χ1) is 16.5. The van der Waals surface area contributed by atoms with Crippen LogP contribution in [0.3, 0.4) is 0 Å². The van der Waals surface area contributed by atoms with Gasteiger partial charge >= 0.3 is 0 Å². The van der Waals surface area contributed by atoms with Gasteiger partial charge in [-0.25, -0.2) is 0 Å². The second-order valence-electron chi connectivity index (χ2n) is 7.23. The highest BCUT2D eigenvalue weighted by Crippen LogP contribution is 2.29. The van der Waals surface area contributed by atoms with Crippen LogP contribution in [-0.2, 0) is 4.79 Å². The number of thiocarbonyl (C=S) groups is 1. The molecule has 1 fully saturated rings. The van der Waals surface area contributed by atoms with Crippen molar-refractivity contribution < 1.29 is 14.0 Å². The third kappa shape index (κ3) is 4.67. The SMILES string of the molecule is O=C1NC(=S)S/C1=C\c1ccc(-c2cccc(C(=O)NNc3ccnc4cc(Cl)ccc34)c2)o1. The number of rotatable bonds is 5. The molecule has 3 N–H and O–H groups in total. The van der Waals surface area contributed by atoms with Crippen molar-refractivity contribution in [3.05, 3.63) is 88.1 Å². The van der Waals surface area contributed by atoms with Crippen molar-refractivity contribution in [3.63, 3.8) is 0 Å². The van der Waals surface area contributed by atoms with E-state index in [1.165, 1.54) is 11.8 Å².